The van der Waals surface area contributed by atoms with E-state index in [-0.39, 0.29) is 40.0 Å². The molecule has 2 aromatic carbocycles. The number of aliphatic hydroxyl groups is 4. The van der Waals surface area contributed by atoms with Gasteiger partial charge in [0.05, 0.1) is 23.1 Å². The van der Waals surface area contributed by atoms with Gasteiger partial charge in [0, 0.05) is 0 Å². The quantitative estimate of drug-likeness (QED) is 0.298. The number of aromatic carboxylic acids is 1. The summed E-state index contributed by atoms with van der Waals surface area (Å²) in [5.74, 6) is -2.23. The van der Waals surface area contributed by atoms with Gasteiger partial charge in [-0.1, -0.05) is 38.2 Å². The van der Waals surface area contributed by atoms with Crippen LogP contribution >= 0.6 is 0 Å². The summed E-state index contributed by atoms with van der Waals surface area (Å²) in [6.07, 6.45) is -1.49. The van der Waals surface area contributed by atoms with Gasteiger partial charge in [0.2, 0.25) is 6.29 Å². The number of aliphatic hydroxyl groups excluding tert-OH is 3. The standard InChI is InChI=1S/C27H34O10/c1-13-8-16-9-17(25(33)34)10-18(21(16)22(30)20(13)14(2)29)36-26-23(31)24(32)27(35,19(12-28)37-26)11-15-6-4-3-5-7-15/h8-10,15,19,23-24,26,28,30-32,35H,3-7,11-12H2,1-2H3,(H,33,34)/t19-,23-,24-,26-,27-/m1/s1. The number of carboxylic acids is 1. The van der Waals surface area contributed by atoms with Crippen molar-refractivity contribution in [1.29, 1.82) is 0 Å². The Kier molecular flexibility index (Phi) is 7.77. The van der Waals surface area contributed by atoms with E-state index in [0.29, 0.717) is 5.56 Å². The van der Waals surface area contributed by atoms with E-state index < -0.39 is 54.3 Å². The molecule has 0 amide bonds. The van der Waals surface area contributed by atoms with E-state index in [1.165, 1.54) is 19.1 Å². The van der Waals surface area contributed by atoms with Crippen LogP contribution in [0.4, 0.5) is 0 Å². The van der Waals surface area contributed by atoms with Crippen LogP contribution in [0.5, 0.6) is 11.5 Å². The number of carbonyl (C=O) groups excluding carboxylic acids is 1. The van der Waals surface area contributed by atoms with E-state index in [1.54, 1.807) is 6.92 Å². The Bertz CT molecular complexity index is 1180. The summed E-state index contributed by atoms with van der Waals surface area (Å²) < 4.78 is 11.6. The van der Waals surface area contributed by atoms with Gasteiger partial charge in [-0.05, 0) is 49.3 Å². The van der Waals surface area contributed by atoms with Gasteiger partial charge in [0.15, 0.2) is 5.78 Å². The Morgan fingerprint density at radius 1 is 1.14 bits per heavy atom. The molecule has 2 aliphatic rings. The molecule has 5 atom stereocenters. The Morgan fingerprint density at radius 3 is 2.41 bits per heavy atom. The fourth-order valence-corrected chi connectivity index (χ4v) is 5.81. The summed E-state index contributed by atoms with van der Waals surface area (Å²) in [7, 11) is 0. The van der Waals surface area contributed by atoms with Crippen molar-refractivity contribution >= 4 is 22.5 Å². The number of aryl methyl sites for hydroxylation is 1. The third kappa shape index (κ3) is 5.04. The van der Waals surface area contributed by atoms with Crippen molar-refractivity contribution in [2.45, 2.75) is 82.6 Å². The number of phenols is 1. The average molecular weight is 519 g/mol. The number of benzene rings is 2. The van der Waals surface area contributed by atoms with Crippen LogP contribution in [-0.2, 0) is 4.74 Å². The molecule has 2 fully saturated rings. The number of phenolic OH excluding ortho intramolecular Hbond substituents is 1. The average Bonchev–Trinajstić information content (AvgIpc) is 2.84. The normalized spacial score (nSPS) is 28.8. The van der Waals surface area contributed by atoms with Crippen molar-refractivity contribution in [1.82, 2.24) is 0 Å². The number of carboxylic acid groups (broad SMARTS) is 1. The van der Waals surface area contributed by atoms with Gasteiger partial charge in [0.1, 0.15) is 35.4 Å². The summed E-state index contributed by atoms with van der Waals surface area (Å²) in [5, 5.41) is 64.1. The molecule has 4 rings (SSSR count). The lowest BCUT2D eigenvalue weighted by molar-refractivity contribution is -0.317. The third-order valence-corrected chi connectivity index (χ3v) is 7.69. The number of Topliss-reactive ketones (excluding diaryl/α,β-unsaturated/α-hetero) is 1. The molecule has 0 aromatic heterocycles. The lowest BCUT2D eigenvalue weighted by Gasteiger charge is -2.49. The highest BCUT2D eigenvalue weighted by atomic mass is 16.7. The third-order valence-electron chi connectivity index (χ3n) is 7.69. The summed E-state index contributed by atoms with van der Waals surface area (Å²) in [6, 6.07) is 3.97. The van der Waals surface area contributed by atoms with Crippen LogP contribution in [0.25, 0.3) is 10.8 Å². The molecule has 1 aliphatic heterocycles. The zero-order valence-electron chi connectivity index (χ0n) is 20.9. The Hall–Kier alpha value is -2.76. The Labute approximate surface area is 214 Å². The van der Waals surface area contributed by atoms with Crippen LogP contribution in [0.15, 0.2) is 18.2 Å². The minimum atomic E-state index is -1.93. The molecule has 0 radical (unpaired) electrons. The molecular weight excluding hydrogens is 484 g/mol. The summed E-state index contributed by atoms with van der Waals surface area (Å²) >= 11 is 0. The second kappa shape index (κ2) is 10.5. The van der Waals surface area contributed by atoms with Crippen LogP contribution in [0.1, 0.15) is 71.7 Å². The molecule has 10 nitrogen and oxygen atoms in total. The van der Waals surface area contributed by atoms with E-state index in [0.717, 1.165) is 38.2 Å². The molecule has 202 valence electrons. The highest BCUT2D eigenvalue weighted by Gasteiger charge is 2.56. The van der Waals surface area contributed by atoms with Crippen molar-refractivity contribution in [2.75, 3.05) is 6.61 Å². The van der Waals surface area contributed by atoms with E-state index in [9.17, 15) is 40.2 Å². The predicted octanol–water partition coefficient (Wildman–Crippen LogP) is 2.27. The van der Waals surface area contributed by atoms with Crippen LogP contribution in [-0.4, -0.2) is 79.2 Å². The smallest absolute Gasteiger partial charge is 0.335 e. The minimum Gasteiger partial charge on any atom is -0.506 e. The van der Waals surface area contributed by atoms with Gasteiger partial charge >= 0.3 is 5.97 Å². The first-order chi connectivity index (χ1) is 17.5. The molecule has 1 saturated carbocycles. The molecule has 37 heavy (non-hydrogen) atoms. The van der Waals surface area contributed by atoms with Gasteiger partial charge in [-0.2, -0.15) is 0 Å². The number of rotatable bonds is 7. The highest BCUT2D eigenvalue weighted by molar-refractivity contribution is 6.08. The maximum absolute atomic E-state index is 12.2. The van der Waals surface area contributed by atoms with Gasteiger partial charge in [-0.3, -0.25) is 4.79 Å². The van der Waals surface area contributed by atoms with Crippen LogP contribution in [0.3, 0.4) is 0 Å². The molecule has 2 aromatic rings. The van der Waals surface area contributed by atoms with Crippen molar-refractivity contribution in [3.8, 4) is 11.5 Å². The van der Waals surface area contributed by atoms with Gasteiger partial charge in [-0.15, -0.1) is 0 Å². The lowest BCUT2D eigenvalue weighted by Crippen LogP contribution is -2.68. The monoisotopic (exact) mass is 518 g/mol. The number of hydrogen-bond acceptors (Lipinski definition) is 9. The van der Waals surface area contributed by atoms with Crippen molar-refractivity contribution < 1.29 is 49.7 Å². The van der Waals surface area contributed by atoms with Gasteiger partial charge < -0.3 is 40.1 Å². The van der Waals surface area contributed by atoms with Crippen molar-refractivity contribution in [3.63, 3.8) is 0 Å². The maximum atomic E-state index is 12.2. The van der Waals surface area contributed by atoms with Crippen molar-refractivity contribution in [2.24, 2.45) is 5.92 Å². The highest BCUT2D eigenvalue weighted by Crippen LogP contribution is 2.43. The lowest BCUT2D eigenvalue weighted by atomic mass is 9.74. The number of fused-ring (bicyclic) bond motifs is 1. The minimum absolute atomic E-state index is 0.0229. The molecule has 0 bridgehead atoms. The van der Waals surface area contributed by atoms with Crippen LogP contribution in [0, 0.1) is 12.8 Å². The molecule has 0 spiro atoms. The van der Waals surface area contributed by atoms with Crippen molar-refractivity contribution in [3.05, 3.63) is 34.9 Å². The number of carbonyl (C=O) groups is 2. The predicted molar refractivity (Wildman–Crippen MR) is 132 cm³/mol. The number of hydrogen-bond donors (Lipinski definition) is 6. The number of ether oxygens (including phenoxy) is 2. The number of aromatic hydroxyl groups is 1. The maximum Gasteiger partial charge on any atom is 0.335 e. The second-order valence-electron chi connectivity index (χ2n) is 10.3. The fraction of sp³-hybridized carbons (Fsp3) is 0.556. The summed E-state index contributed by atoms with van der Waals surface area (Å²) in [4.78, 5) is 23.9. The molecule has 1 saturated heterocycles. The molecule has 0 unspecified atom stereocenters. The van der Waals surface area contributed by atoms with E-state index >= 15 is 0 Å². The zero-order chi connectivity index (χ0) is 27.1. The van der Waals surface area contributed by atoms with Gasteiger partial charge in [0.25, 0.3) is 0 Å². The van der Waals surface area contributed by atoms with Crippen LogP contribution < -0.4 is 4.74 Å². The van der Waals surface area contributed by atoms with Gasteiger partial charge in [-0.25, -0.2) is 4.79 Å². The largest absolute Gasteiger partial charge is 0.506 e. The van der Waals surface area contributed by atoms with E-state index in [2.05, 4.69) is 0 Å². The summed E-state index contributed by atoms with van der Waals surface area (Å²) in [5.41, 5.74) is -1.65. The Balaban J connectivity index is 1.72. The molecular formula is C27H34O10. The SMILES string of the molecule is CC(=O)c1c(C)cc2cc(C(=O)O)cc(O[C@@H]3O[C@H](CO)[C@](O)(CC4CCCCC4)[C@H](O)[C@H]3O)c2c1O. The molecule has 6 N–H and O–H groups in total. The Morgan fingerprint density at radius 2 is 1.81 bits per heavy atom. The molecule has 1 heterocycles. The first-order valence-corrected chi connectivity index (χ1v) is 12.5. The first-order valence-electron chi connectivity index (χ1n) is 12.5. The van der Waals surface area contributed by atoms with E-state index in [1.807, 2.05) is 0 Å². The zero-order valence-corrected chi connectivity index (χ0v) is 20.9. The number of ketones is 1. The first kappa shape index (κ1) is 27.3. The fourth-order valence-electron chi connectivity index (χ4n) is 5.81. The second-order valence-corrected chi connectivity index (χ2v) is 10.3. The van der Waals surface area contributed by atoms with Crippen LogP contribution in [0.2, 0.25) is 0 Å². The topological polar surface area (TPSA) is 174 Å². The molecule has 10 heteroatoms. The molecule has 1 aliphatic carbocycles. The summed E-state index contributed by atoms with van der Waals surface area (Å²) in [6.45, 7) is 2.22. The van der Waals surface area contributed by atoms with E-state index in [4.69, 9.17) is 9.47 Å².